The summed E-state index contributed by atoms with van der Waals surface area (Å²) in [6.45, 7) is 11.9. The number of esters is 3. The Morgan fingerprint density at radius 2 is 1.65 bits per heavy atom. The van der Waals surface area contributed by atoms with Gasteiger partial charge in [-0.3, -0.25) is 14.4 Å². The lowest BCUT2D eigenvalue weighted by Gasteiger charge is -2.49. The zero-order chi connectivity index (χ0) is 37.9. The predicted octanol–water partition coefficient (Wildman–Crippen LogP) is 5.60. The van der Waals surface area contributed by atoms with Gasteiger partial charge in [-0.2, -0.15) is 0 Å². The molecule has 4 aliphatic carbocycles. The normalized spacial score (nSPS) is 31.4. The molecular weight excluding hydrogens is 664 g/mol. The molecule has 4 N–H and O–H groups in total. The molecule has 2 fully saturated rings. The number of fused-ring (bicyclic) bond motifs is 3. The standard InChI is InChI=1S/C41H46N2O9/c1-8-21(2)37(47)50-20-25-18-28-32-29(39(32,6)7)17-23(4)40(33(28)45)19-22(3)34(51-24(5)44)41(40,49)35(25)52-38(48)27-14-10-12-16-31(27)43-36(46)26-13-9-11-15-30(26)42/h8-16,18-19,23,28-29,32,34-35,49H,17,20,42H2,1-7H3,(H,43,46)/b21-8-/t23-,28-,29-,32+,34+,35-,40+,41-/m1/s1. The maximum Gasteiger partial charge on any atom is 0.340 e. The van der Waals surface area contributed by atoms with Gasteiger partial charge in [0.25, 0.3) is 5.91 Å². The number of carbonyl (C=O) groups excluding carboxylic acids is 5. The number of benzene rings is 2. The van der Waals surface area contributed by atoms with Crippen LogP contribution in [0.25, 0.3) is 0 Å². The molecule has 0 aromatic heterocycles. The van der Waals surface area contributed by atoms with E-state index in [0.29, 0.717) is 17.6 Å². The number of allylic oxidation sites excluding steroid dienone is 2. The van der Waals surface area contributed by atoms with Crippen LogP contribution in [-0.4, -0.2) is 59.1 Å². The van der Waals surface area contributed by atoms with Crippen molar-refractivity contribution in [3.8, 4) is 0 Å². The molecule has 0 radical (unpaired) electrons. The first kappa shape index (κ1) is 36.8. The molecule has 11 nitrogen and oxygen atoms in total. The van der Waals surface area contributed by atoms with E-state index in [0.717, 1.165) is 0 Å². The Balaban J connectivity index is 1.50. The average Bonchev–Trinajstić information content (AvgIpc) is 3.60. The molecule has 4 aliphatic rings. The Morgan fingerprint density at radius 1 is 1.00 bits per heavy atom. The van der Waals surface area contributed by atoms with Crippen molar-refractivity contribution in [3.05, 3.63) is 94.6 Å². The summed E-state index contributed by atoms with van der Waals surface area (Å²) in [6, 6.07) is 12.7. The highest BCUT2D eigenvalue weighted by Crippen LogP contribution is 2.72. The van der Waals surface area contributed by atoms with Crippen LogP contribution in [0.15, 0.2) is 83.5 Å². The first-order valence-electron chi connectivity index (χ1n) is 17.6. The van der Waals surface area contributed by atoms with Gasteiger partial charge < -0.3 is 30.4 Å². The van der Waals surface area contributed by atoms with Crippen molar-refractivity contribution in [2.24, 2.45) is 34.5 Å². The van der Waals surface area contributed by atoms with Gasteiger partial charge in [0.15, 0.2) is 23.6 Å². The fourth-order valence-corrected chi connectivity index (χ4v) is 9.11. The molecule has 274 valence electrons. The second kappa shape index (κ2) is 13.2. The number of carbonyl (C=O) groups is 5. The second-order valence-corrected chi connectivity index (χ2v) is 15.2. The Kier molecular flexibility index (Phi) is 9.32. The van der Waals surface area contributed by atoms with Crippen LogP contribution in [0.4, 0.5) is 11.4 Å². The molecule has 6 rings (SSSR count). The largest absolute Gasteiger partial charge is 0.458 e. The number of nitrogen functional groups attached to an aromatic ring is 1. The molecule has 2 bridgehead atoms. The van der Waals surface area contributed by atoms with Gasteiger partial charge in [-0.1, -0.05) is 63.3 Å². The van der Waals surface area contributed by atoms with E-state index in [1.807, 2.05) is 6.92 Å². The molecule has 1 amide bonds. The number of hydrogen-bond acceptors (Lipinski definition) is 10. The fourth-order valence-electron chi connectivity index (χ4n) is 9.11. The van der Waals surface area contributed by atoms with Crippen LogP contribution in [0.1, 0.15) is 75.6 Å². The third-order valence-corrected chi connectivity index (χ3v) is 11.9. The Morgan fingerprint density at radius 3 is 2.31 bits per heavy atom. The minimum atomic E-state index is -2.34. The fraction of sp³-hybridized carbons (Fsp3) is 0.439. The Labute approximate surface area is 303 Å². The number of aliphatic hydroxyl groups is 1. The highest BCUT2D eigenvalue weighted by atomic mass is 16.6. The number of Topliss-reactive ketones (excluding diaryl/α,β-unsaturated/α-hetero) is 1. The second-order valence-electron chi connectivity index (χ2n) is 15.2. The van der Waals surface area contributed by atoms with Gasteiger partial charge in [0.1, 0.15) is 6.61 Å². The maximum absolute atomic E-state index is 15.1. The number of nitrogens with two attached hydrogens (primary N) is 1. The lowest BCUT2D eigenvalue weighted by Crippen LogP contribution is -2.66. The van der Waals surface area contributed by atoms with Gasteiger partial charge in [0.2, 0.25) is 0 Å². The SMILES string of the molecule is C/C=C(/C)C(=O)OCC1=C[C@H]2C(=O)[C@]3(C=C(C)[C@H](OC(C)=O)[C@@]3(O)[C@@H]1OC(=O)c1ccccc1NC(=O)c1ccccc1N)[C@H](C)C[C@@H]1[C@H]2C1(C)C. The topological polar surface area (TPSA) is 171 Å². The van der Waals surface area contributed by atoms with Crippen molar-refractivity contribution in [1.29, 1.82) is 0 Å². The lowest BCUT2D eigenvalue weighted by molar-refractivity contribution is -0.203. The van der Waals surface area contributed by atoms with Crippen LogP contribution < -0.4 is 11.1 Å². The van der Waals surface area contributed by atoms with Crippen molar-refractivity contribution in [1.82, 2.24) is 0 Å². The molecule has 0 aliphatic heterocycles. The zero-order valence-corrected chi connectivity index (χ0v) is 30.5. The van der Waals surface area contributed by atoms with Crippen molar-refractivity contribution in [3.63, 3.8) is 0 Å². The van der Waals surface area contributed by atoms with E-state index >= 15 is 4.79 Å². The predicted molar refractivity (Wildman–Crippen MR) is 193 cm³/mol. The highest BCUT2D eigenvalue weighted by molar-refractivity contribution is 6.10. The summed E-state index contributed by atoms with van der Waals surface area (Å²) in [4.78, 5) is 68.5. The molecule has 2 saturated carbocycles. The van der Waals surface area contributed by atoms with Gasteiger partial charge >= 0.3 is 17.9 Å². The first-order chi connectivity index (χ1) is 24.5. The zero-order valence-electron chi connectivity index (χ0n) is 30.5. The number of para-hydroxylation sites is 2. The van der Waals surface area contributed by atoms with Gasteiger partial charge in [-0.15, -0.1) is 0 Å². The minimum absolute atomic E-state index is 0.0528. The number of nitrogens with one attached hydrogen (secondary N) is 1. The van der Waals surface area contributed by atoms with E-state index in [9.17, 15) is 24.3 Å². The van der Waals surface area contributed by atoms with Crippen LogP contribution in [0.2, 0.25) is 0 Å². The molecule has 11 heteroatoms. The van der Waals surface area contributed by atoms with E-state index in [1.54, 1.807) is 75.4 Å². The summed E-state index contributed by atoms with van der Waals surface area (Å²) in [5.74, 6) is -4.24. The molecule has 8 atom stereocenters. The summed E-state index contributed by atoms with van der Waals surface area (Å²) >= 11 is 0. The number of anilines is 2. The quantitative estimate of drug-likeness (QED) is 0.103. The van der Waals surface area contributed by atoms with Gasteiger partial charge in [-0.25, -0.2) is 9.59 Å². The summed E-state index contributed by atoms with van der Waals surface area (Å²) in [5.41, 5.74) is 3.30. The molecular formula is C41H46N2O9. The highest BCUT2D eigenvalue weighted by Gasteiger charge is 2.77. The molecule has 2 aromatic carbocycles. The third-order valence-electron chi connectivity index (χ3n) is 11.9. The minimum Gasteiger partial charge on any atom is -0.458 e. The summed E-state index contributed by atoms with van der Waals surface area (Å²) in [5, 5.41) is 16.1. The molecule has 0 unspecified atom stereocenters. The molecule has 1 spiro atoms. The average molecular weight is 711 g/mol. The van der Waals surface area contributed by atoms with Gasteiger partial charge in [0, 0.05) is 29.7 Å². The summed E-state index contributed by atoms with van der Waals surface area (Å²) in [7, 11) is 0. The number of ether oxygens (including phenoxy) is 3. The first-order valence-corrected chi connectivity index (χ1v) is 17.6. The van der Waals surface area contributed by atoms with E-state index < -0.39 is 65.5 Å². The van der Waals surface area contributed by atoms with Crippen molar-refractivity contribution >= 4 is 41.0 Å². The summed E-state index contributed by atoms with van der Waals surface area (Å²) in [6.07, 6.45) is 2.56. The Bertz CT molecular complexity index is 1960. The van der Waals surface area contributed by atoms with Gasteiger partial charge in [0.05, 0.1) is 22.2 Å². The molecule has 2 aromatic rings. The third kappa shape index (κ3) is 5.66. The Hall–Kier alpha value is -5.03. The van der Waals surface area contributed by atoms with E-state index in [-0.39, 0.29) is 51.1 Å². The van der Waals surface area contributed by atoms with E-state index in [1.165, 1.54) is 19.1 Å². The van der Waals surface area contributed by atoms with Crippen molar-refractivity contribution in [2.75, 3.05) is 17.7 Å². The summed E-state index contributed by atoms with van der Waals surface area (Å²) < 4.78 is 17.9. The molecule has 52 heavy (non-hydrogen) atoms. The number of hydrogen-bond donors (Lipinski definition) is 3. The van der Waals surface area contributed by atoms with Crippen molar-refractivity contribution < 1.29 is 43.3 Å². The monoisotopic (exact) mass is 710 g/mol. The van der Waals surface area contributed by atoms with Crippen LogP contribution >= 0.6 is 0 Å². The maximum atomic E-state index is 15.1. The van der Waals surface area contributed by atoms with Crippen LogP contribution in [0.5, 0.6) is 0 Å². The van der Waals surface area contributed by atoms with Crippen LogP contribution in [0.3, 0.4) is 0 Å². The smallest absolute Gasteiger partial charge is 0.340 e. The number of rotatable bonds is 8. The number of ketones is 1. The van der Waals surface area contributed by atoms with Gasteiger partial charge in [-0.05, 0) is 80.2 Å². The molecule has 0 heterocycles. The van der Waals surface area contributed by atoms with Crippen LogP contribution in [0, 0.1) is 34.5 Å². The molecule has 0 saturated heterocycles. The number of amides is 1. The van der Waals surface area contributed by atoms with Crippen molar-refractivity contribution in [2.45, 2.75) is 72.7 Å². The van der Waals surface area contributed by atoms with E-state index in [4.69, 9.17) is 19.9 Å². The lowest BCUT2D eigenvalue weighted by atomic mass is 9.59. The van der Waals surface area contributed by atoms with E-state index in [2.05, 4.69) is 19.2 Å². The van der Waals surface area contributed by atoms with Crippen LogP contribution in [-0.2, 0) is 28.6 Å².